The Morgan fingerprint density at radius 2 is 2.21 bits per heavy atom. The Morgan fingerprint density at radius 3 is 2.79 bits per heavy atom. The number of amides is 1. The molecule has 0 aliphatic carbocycles. The van der Waals surface area contributed by atoms with Crippen molar-refractivity contribution in [3.63, 3.8) is 0 Å². The average molecular weight is 280 g/mol. The topological polar surface area (TPSA) is 46.3 Å². The van der Waals surface area contributed by atoms with Gasteiger partial charge < -0.3 is 10.6 Å². The molecule has 1 aromatic rings. The summed E-state index contributed by atoms with van der Waals surface area (Å²) in [5, 5.41) is 0. The highest BCUT2D eigenvalue weighted by Crippen LogP contribution is 2.10. The highest BCUT2D eigenvalue weighted by Gasteiger charge is 2.19. The van der Waals surface area contributed by atoms with Gasteiger partial charge in [-0.15, -0.1) is 0 Å². The largest absolute Gasteiger partial charge is 0.337 e. The van der Waals surface area contributed by atoms with Gasteiger partial charge in [-0.1, -0.05) is 29.8 Å². The van der Waals surface area contributed by atoms with E-state index in [0.717, 1.165) is 17.7 Å². The number of hydrogen-bond acceptors (Lipinski definition) is 3. The predicted octanol–water partition coefficient (Wildman–Crippen LogP) is 2.42. The fourth-order valence-electron chi connectivity index (χ4n) is 1.98. The van der Waals surface area contributed by atoms with Gasteiger partial charge in [0.25, 0.3) is 0 Å². The van der Waals surface area contributed by atoms with E-state index < -0.39 is 0 Å². The van der Waals surface area contributed by atoms with Crippen LogP contribution in [-0.2, 0) is 11.3 Å². The second-order valence-electron chi connectivity index (χ2n) is 4.73. The Balaban J connectivity index is 2.64. The SMILES string of the molecule is CCN(Cc1cccc(C)c1)C(=O)[C@@H](N)CCSC. The highest BCUT2D eigenvalue weighted by atomic mass is 32.2. The van der Waals surface area contributed by atoms with Gasteiger partial charge in [0.1, 0.15) is 0 Å². The van der Waals surface area contributed by atoms with Crippen LogP contribution in [0.25, 0.3) is 0 Å². The standard InChI is InChI=1S/C15H24N2OS/c1-4-17(15(18)14(16)8-9-19-3)11-13-7-5-6-12(2)10-13/h5-7,10,14H,4,8-9,11,16H2,1-3H3/t14-/m0/s1. The first kappa shape index (κ1) is 16.1. The molecular formula is C15H24N2OS. The molecule has 4 heteroatoms. The second-order valence-corrected chi connectivity index (χ2v) is 5.72. The number of carbonyl (C=O) groups is 1. The molecule has 0 fully saturated rings. The first-order valence-electron chi connectivity index (χ1n) is 6.67. The van der Waals surface area contributed by atoms with Gasteiger partial charge in [0.05, 0.1) is 6.04 Å². The third-order valence-electron chi connectivity index (χ3n) is 3.10. The lowest BCUT2D eigenvalue weighted by molar-refractivity contribution is -0.133. The smallest absolute Gasteiger partial charge is 0.239 e. The predicted molar refractivity (Wildman–Crippen MR) is 83.2 cm³/mol. The number of benzene rings is 1. The van der Waals surface area contributed by atoms with E-state index in [2.05, 4.69) is 25.1 Å². The van der Waals surface area contributed by atoms with E-state index in [1.165, 1.54) is 5.56 Å². The molecule has 0 heterocycles. The van der Waals surface area contributed by atoms with Gasteiger partial charge in [-0.05, 0) is 37.8 Å². The molecule has 1 aromatic carbocycles. The number of nitrogens with zero attached hydrogens (tertiary/aromatic N) is 1. The van der Waals surface area contributed by atoms with Gasteiger partial charge in [0.2, 0.25) is 5.91 Å². The monoisotopic (exact) mass is 280 g/mol. The van der Waals surface area contributed by atoms with E-state index >= 15 is 0 Å². The molecule has 0 unspecified atom stereocenters. The molecule has 0 radical (unpaired) electrons. The first-order chi connectivity index (χ1) is 9.08. The van der Waals surface area contributed by atoms with Gasteiger partial charge >= 0.3 is 0 Å². The van der Waals surface area contributed by atoms with Gasteiger partial charge in [0, 0.05) is 13.1 Å². The zero-order chi connectivity index (χ0) is 14.3. The summed E-state index contributed by atoms with van der Waals surface area (Å²) in [6.07, 6.45) is 2.77. The molecule has 2 N–H and O–H groups in total. The van der Waals surface area contributed by atoms with E-state index in [-0.39, 0.29) is 11.9 Å². The summed E-state index contributed by atoms with van der Waals surface area (Å²) in [5.74, 6) is 0.979. The minimum Gasteiger partial charge on any atom is -0.337 e. The van der Waals surface area contributed by atoms with Crippen molar-refractivity contribution in [2.75, 3.05) is 18.6 Å². The molecule has 0 bridgehead atoms. The Morgan fingerprint density at radius 1 is 1.47 bits per heavy atom. The van der Waals surface area contributed by atoms with Crippen molar-refractivity contribution in [1.82, 2.24) is 4.90 Å². The molecule has 1 rings (SSSR count). The van der Waals surface area contributed by atoms with Crippen LogP contribution < -0.4 is 5.73 Å². The van der Waals surface area contributed by atoms with Crippen LogP contribution in [0.4, 0.5) is 0 Å². The average Bonchev–Trinajstić information content (AvgIpc) is 2.41. The summed E-state index contributed by atoms with van der Waals surface area (Å²) >= 11 is 1.72. The lowest BCUT2D eigenvalue weighted by atomic mass is 10.1. The zero-order valence-electron chi connectivity index (χ0n) is 12.1. The fourth-order valence-corrected chi connectivity index (χ4v) is 2.47. The summed E-state index contributed by atoms with van der Waals surface area (Å²) in [4.78, 5) is 14.1. The van der Waals surface area contributed by atoms with Gasteiger partial charge in [-0.25, -0.2) is 0 Å². The fraction of sp³-hybridized carbons (Fsp3) is 0.533. The second kappa shape index (κ2) is 8.23. The Hall–Kier alpha value is -1.00. The quantitative estimate of drug-likeness (QED) is 0.834. The van der Waals surface area contributed by atoms with Crippen LogP contribution in [0.3, 0.4) is 0 Å². The molecule has 0 aliphatic heterocycles. The van der Waals surface area contributed by atoms with E-state index in [9.17, 15) is 4.79 Å². The Labute approximate surface area is 120 Å². The van der Waals surface area contributed by atoms with E-state index in [1.54, 1.807) is 11.8 Å². The summed E-state index contributed by atoms with van der Waals surface area (Å²) in [6.45, 7) is 5.39. The van der Waals surface area contributed by atoms with E-state index in [4.69, 9.17) is 5.73 Å². The molecule has 1 amide bonds. The molecule has 106 valence electrons. The van der Waals surface area contributed by atoms with Crippen molar-refractivity contribution in [2.45, 2.75) is 32.9 Å². The lowest BCUT2D eigenvalue weighted by Gasteiger charge is -2.24. The number of likely N-dealkylation sites (N-methyl/N-ethyl adjacent to an activating group) is 1. The van der Waals surface area contributed by atoms with Crippen LogP contribution >= 0.6 is 11.8 Å². The van der Waals surface area contributed by atoms with Crippen LogP contribution in [-0.4, -0.2) is 35.4 Å². The van der Waals surface area contributed by atoms with Crippen molar-refractivity contribution in [3.8, 4) is 0 Å². The minimum absolute atomic E-state index is 0.0538. The van der Waals surface area contributed by atoms with Crippen LogP contribution in [0.1, 0.15) is 24.5 Å². The Kier molecular flexibility index (Phi) is 6.95. The molecule has 0 spiro atoms. The highest BCUT2D eigenvalue weighted by molar-refractivity contribution is 7.98. The van der Waals surface area contributed by atoms with Crippen molar-refractivity contribution >= 4 is 17.7 Å². The maximum Gasteiger partial charge on any atom is 0.239 e. The van der Waals surface area contributed by atoms with Crippen LogP contribution in [0.15, 0.2) is 24.3 Å². The van der Waals surface area contributed by atoms with Crippen molar-refractivity contribution < 1.29 is 4.79 Å². The summed E-state index contributed by atoms with van der Waals surface area (Å²) in [6, 6.07) is 7.87. The normalized spacial score (nSPS) is 12.2. The van der Waals surface area contributed by atoms with E-state index in [0.29, 0.717) is 13.1 Å². The maximum absolute atomic E-state index is 12.3. The summed E-state index contributed by atoms with van der Waals surface area (Å²) in [5.41, 5.74) is 8.33. The number of rotatable bonds is 7. The first-order valence-corrected chi connectivity index (χ1v) is 8.06. The van der Waals surface area contributed by atoms with Crippen LogP contribution in [0.5, 0.6) is 0 Å². The molecule has 0 saturated heterocycles. The van der Waals surface area contributed by atoms with Gasteiger partial charge in [-0.3, -0.25) is 4.79 Å². The number of thioether (sulfide) groups is 1. The number of nitrogens with two attached hydrogens (primary N) is 1. The molecular weight excluding hydrogens is 256 g/mol. The van der Waals surface area contributed by atoms with Crippen molar-refractivity contribution in [1.29, 1.82) is 0 Å². The third-order valence-corrected chi connectivity index (χ3v) is 3.74. The van der Waals surface area contributed by atoms with Crippen LogP contribution in [0, 0.1) is 6.92 Å². The molecule has 0 saturated carbocycles. The molecule has 0 aliphatic rings. The zero-order valence-corrected chi connectivity index (χ0v) is 12.9. The third kappa shape index (κ3) is 5.25. The Bertz CT molecular complexity index is 409. The van der Waals surface area contributed by atoms with Crippen molar-refractivity contribution in [3.05, 3.63) is 35.4 Å². The summed E-state index contributed by atoms with van der Waals surface area (Å²) < 4.78 is 0. The molecule has 19 heavy (non-hydrogen) atoms. The molecule has 3 nitrogen and oxygen atoms in total. The molecule has 0 aromatic heterocycles. The number of hydrogen-bond donors (Lipinski definition) is 1. The van der Waals surface area contributed by atoms with E-state index in [1.807, 2.05) is 24.1 Å². The lowest BCUT2D eigenvalue weighted by Crippen LogP contribution is -2.43. The summed E-state index contributed by atoms with van der Waals surface area (Å²) in [7, 11) is 0. The minimum atomic E-state index is -0.378. The molecule has 1 atom stereocenters. The number of aryl methyl sites for hydroxylation is 1. The number of carbonyl (C=O) groups excluding carboxylic acids is 1. The van der Waals surface area contributed by atoms with Crippen LogP contribution in [0.2, 0.25) is 0 Å². The van der Waals surface area contributed by atoms with Gasteiger partial charge in [0.15, 0.2) is 0 Å². The van der Waals surface area contributed by atoms with Crippen molar-refractivity contribution in [2.24, 2.45) is 5.73 Å². The van der Waals surface area contributed by atoms with Gasteiger partial charge in [-0.2, -0.15) is 11.8 Å². The maximum atomic E-state index is 12.3.